The second-order valence-corrected chi connectivity index (χ2v) is 6.21. The lowest BCUT2D eigenvalue weighted by atomic mass is 10.2. The van der Waals surface area contributed by atoms with Crippen LogP contribution < -0.4 is 10.9 Å². The van der Waals surface area contributed by atoms with Gasteiger partial charge in [-0.2, -0.15) is 0 Å². The lowest BCUT2D eigenvalue weighted by molar-refractivity contribution is 0.509. The number of thiazole rings is 1. The van der Waals surface area contributed by atoms with E-state index in [4.69, 9.17) is 0 Å². The molecular formula is C14H20N4OS. The zero-order valence-electron chi connectivity index (χ0n) is 12.3. The molecule has 2 heterocycles. The van der Waals surface area contributed by atoms with Crippen LogP contribution in [0, 0.1) is 12.8 Å². The van der Waals surface area contributed by atoms with Gasteiger partial charge in [0.2, 0.25) is 0 Å². The first kappa shape index (κ1) is 14.7. The van der Waals surface area contributed by atoms with Crippen molar-refractivity contribution >= 4 is 17.2 Å². The minimum atomic E-state index is -0.0821. The predicted octanol–water partition coefficient (Wildman–Crippen LogP) is 2.84. The molecule has 0 saturated heterocycles. The van der Waals surface area contributed by atoms with Gasteiger partial charge >= 0.3 is 0 Å². The molecule has 0 aromatic carbocycles. The van der Waals surface area contributed by atoms with Crippen LogP contribution in [0.3, 0.4) is 0 Å². The van der Waals surface area contributed by atoms with Gasteiger partial charge in [-0.3, -0.25) is 4.79 Å². The van der Waals surface area contributed by atoms with E-state index in [1.165, 1.54) is 0 Å². The maximum Gasteiger partial charge on any atom is 0.293 e. The van der Waals surface area contributed by atoms with Crippen molar-refractivity contribution in [2.45, 2.75) is 40.3 Å². The van der Waals surface area contributed by atoms with Crippen LogP contribution in [0.1, 0.15) is 37.5 Å². The summed E-state index contributed by atoms with van der Waals surface area (Å²) in [5.41, 5.74) is 0.915. The molecule has 20 heavy (non-hydrogen) atoms. The second-order valence-electron chi connectivity index (χ2n) is 5.32. The van der Waals surface area contributed by atoms with E-state index in [9.17, 15) is 4.79 Å². The fourth-order valence-corrected chi connectivity index (χ4v) is 2.73. The molecule has 0 spiro atoms. The molecule has 0 aliphatic carbocycles. The van der Waals surface area contributed by atoms with Gasteiger partial charge < -0.3 is 9.88 Å². The largest absolute Gasteiger partial charge is 0.357 e. The monoisotopic (exact) mass is 292 g/mol. The first-order valence-corrected chi connectivity index (χ1v) is 7.59. The van der Waals surface area contributed by atoms with Crippen molar-refractivity contribution in [1.82, 2.24) is 14.5 Å². The normalized spacial score (nSPS) is 12.7. The topological polar surface area (TPSA) is 59.8 Å². The molecule has 1 N–H and O–H groups in total. The van der Waals surface area contributed by atoms with Crippen molar-refractivity contribution in [3.05, 3.63) is 38.8 Å². The Morgan fingerprint density at radius 1 is 1.40 bits per heavy atom. The average molecular weight is 292 g/mol. The zero-order valence-corrected chi connectivity index (χ0v) is 13.1. The molecule has 5 nitrogen and oxygen atoms in total. The minimum absolute atomic E-state index is 0.0243. The van der Waals surface area contributed by atoms with Crippen LogP contribution in [-0.2, 0) is 6.54 Å². The Morgan fingerprint density at radius 2 is 2.15 bits per heavy atom. The summed E-state index contributed by atoms with van der Waals surface area (Å²) in [6, 6.07) is -0.0243. The molecule has 1 atom stereocenters. The van der Waals surface area contributed by atoms with Crippen LogP contribution in [0.2, 0.25) is 0 Å². The first-order valence-electron chi connectivity index (χ1n) is 6.71. The van der Waals surface area contributed by atoms with Crippen LogP contribution in [0.15, 0.2) is 22.6 Å². The SMILES string of the molecule is Cc1csc(C(C)Nc2nccn(CC(C)C)c2=O)n1. The minimum Gasteiger partial charge on any atom is -0.357 e. The molecule has 1 unspecified atom stereocenters. The molecule has 0 aliphatic heterocycles. The molecule has 2 rings (SSSR count). The first-order chi connectivity index (χ1) is 9.47. The molecule has 0 radical (unpaired) electrons. The highest BCUT2D eigenvalue weighted by Gasteiger charge is 2.13. The van der Waals surface area contributed by atoms with Gasteiger partial charge in [0.25, 0.3) is 5.56 Å². The second kappa shape index (κ2) is 6.17. The fraction of sp³-hybridized carbons (Fsp3) is 0.500. The van der Waals surface area contributed by atoms with E-state index >= 15 is 0 Å². The fourth-order valence-electron chi connectivity index (χ4n) is 1.92. The Morgan fingerprint density at radius 3 is 2.75 bits per heavy atom. The summed E-state index contributed by atoms with van der Waals surface area (Å²) in [6.45, 7) is 8.81. The maximum absolute atomic E-state index is 12.3. The number of anilines is 1. The number of nitrogens with zero attached hydrogens (tertiary/aromatic N) is 3. The third kappa shape index (κ3) is 3.45. The van der Waals surface area contributed by atoms with Gasteiger partial charge in [0.05, 0.1) is 6.04 Å². The molecule has 2 aromatic rings. The Kier molecular flexibility index (Phi) is 4.54. The van der Waals surface area contributed by atoms with Crippen molar-refractivity contribution in [2.75, 3.05) is 5.32 Å². The van der Waals surface area contributed by atoms with Crippen LogP contribution >= 0.6 is 11.3 Å². The molecule has 0 fully saturated rings. The summed E-state index contributed by atoms with van der Waals surface area (Å²) in [6.07, 6.45) is 3.39. The smallest absolute Gasteiger partial charge is 0.293 e. The highest BCUT2D eigenvalue weighted by atomic mass is 32.1. The van der Waals surface area contributed by atoms with Gasteiger partial charge in [0, 0.05) is 30.0 Å². The lowest BCUT2D eigenvalue weighted by Crippen LogP contribution is -2.26. The lowest BCUT2D eigenvalue weighted by Gasteiger charge is -2.14. The van der Waals surface area contributed by atoms with Gasteiger partial charge in [-0.25, -0.2) is 9.97 Å². The molecule has 0 aliphatic rings. The molecule has 0 amide bonds. The van der Waals surface area contributed by atoms with Crippen LogP contribution in [0.5, 0.6) is 0 Å². The van der Waals surface area contributed by atoms with E-state index in [1.807, 2.05) is 19.2 Å². The van der Waals surface area contributed by atoms with Gasteiger partial charge in [-0.1, -0.05) is 13.8 Å². The average Bonchev–Trinajstić information content (AvgIpc) is 2.80. The predicted molar refractivity (Wildman–Crippen MR) is 82.2 cm³/mol. The Bertz CT molecular complexity index is 632. The molecule has 0 bridgehead atoms. The Balaban J connectivity index is 2.19. The highest BCUT2D eigenvalue weighted by Crippen LogP contribution is 2.20. The van der Waals surface area contributed by atoms with Gasteiger partial charge in [-0.05, 0) is 19.8 Å². The quantitative estimate of drug-likeness (QED) is 0.920. The van der Waals surface area contributed by atoms with Crippen LogP contribution in [0.25, 0.3) is 0 Å². The highest BCUT2D eigenvalue weighted by molar-refractivity contribution is 7.09. The molecule has 108 valence electrons. The van der Waals surface area contributed by atoms with E-state index < -0.39 is 0 Å². The summed E-state index contributed by atoms with van der Waals surface area (Å²) < 4.78 is 1.69. The molecule has 0 saturated carbocycles. The molecule has 6 heteroatoms. The number of nitrogens with one attached hydrogen (secondary N) is 1. The zero-order chi connectivity index (χ0) is 14.7. The number of rotatable bonds is 5. The Hall–Kier alpha value is -1.69. The van der Waals surface area contributed by atoms with E-state index in [0.29, 0.717) is 18.3 Å². The van der Waals surface area contributed by atoms with Gasteiger partial charge in [-0.15, -0.1) is 11.3 Å². The Labute approximate surface area is 122 Å². The number of aromatic nitrogens is 3. The van der Waals surface area contributed by atoms with Crippen molar-refractivity contribution in [1.29, 1.82) is 0 Å². The number of hydrogen-bond acceptors (Lipinski definition) is 5. The van der Waals surface area contributed by atoms with Crippen molar-refractivity contribution in [3.63, 3.8) is 0 Å². The third-order valence-electron chi connectivity index (χ3n) is 2.84. The third-order valence-corrected chi connectivity index (χ3v) is 3.98. The van der Waals surface area contributed by atoms with Crippen molar-refractivity contribution in [3.8, 4) is 0 Å². The maximum atomic E-state index is 12.3. The van der Waals surface area contributed by atoms with E-state index in [1.54, 1.807) is 28.3 Å². The molecule has 2 aromatic heterocycles. The number of aryl methyl sites for hydroxylation is 1. The van der Waals surface area contributed by atoms with Crippen molar-refractivity contribution < 1.29 is 0 Å². The van der Waals surface area contributed by atoms with Crippen molar-refractivity contribution in [2.24, 2.45) is 5.92 Å². The van der Waals surface area contributed by atoms with E-state index in [0.717, 1.165) is 10.7 Å². The summed E-state index contributed by atoms with van der Waals surface area (Å²) in [5, 5.41) is 6.12. The summed E-state index contributed by atoms with van der Waals surface area (Å²) in [4.78, 5) is 20.9. The van der Waals surface area contributed by atoms with E-state index in [2.05, 4.69) is 29.1 Å². The van der Waals surface area contributed by atoms with Crippen LogP contribution in [-0.4, -0.2) is 14.5 Å². The van der Waals surface area contributed by atoms with Gasteiger partial charge in [0.15, 0.2) is 5.82 Å². The van der Waals surface area contributed by atoms with Gasteiger partial charge in [0.1, 0.15) is 5.01 Å². The summed E-state index contributed by atoms with van der Waals surface area (Å²) in [5.74, 6) is 0.801. The van der Waals surface area contributed by atoms with E-state index in [-0.39, 0.29) is 11.6 Å². The number of hydrogen-bond donors (Lipinski definition) is 1. The summed E-state index contributed by atoms with van der Waals surface area (Å²) in [7, 11) is 0. The van der Waals surface area contributed by atoms with Crippen LogP contribution in [0.4, 0.5) is 5.82 Å². The standard InChI is InChI=1S/C14H20N4OS/c1-9(2)7-18-6-5-15-12(14(18)19)17-11(4)13-16-10(3)8-20-13/h5-6,8-9,11H,7H2,1-4H3,(H,15,17). The molecular weight excluding hydrogens is 272 g/mol. The summed E-state index contributed by atoms with van der Waals surface area (Å²) >= 11 is 1.59.